The maximum absolute atomic E-state index is 12.5. The van der Waals surface area contributed by atoms with Crippen molar-refractivity contribution in [1.82, 2.24) is 4.98 Å². The van der Waals surface area contributed by atoms with E-state index in [0.717, 1.165) is 22.4 Å². The molecule has 6 heteroatoms. The van der Waals surface area contributed by atoms with Crippen LogP contribution in [0.15, 0.2) is 12.1 Å². The van der Waals surface area contributed by atoms with E-state index in [-0.39, 0.29) is 11.8 Å². The monoisotopic (exact) mass is 317 g/mol. The molecule has 2 aromatic rings. The zero-order valence-corrected chi connectivity index (χ0v) is 14.1. The summed E-state index contributed by atoms with van der Waals surface area (Å²) in [5.41, 5.74) is 4.64. The predicted molar refractivity (Wildman–Crippen MR) is 89.8 cm³/mol. The summed E-state index contributed by atoms with van der Waals surface area (Å²) in [4.78, 5) is 28.2. The van der Waals surface area contributed by atoms with Gasteiger partial charge in [-0.15, -0.1) is 0 Å². The first-order chi connectivity index (χ1) is 10.3. The minimum absolute atomic E-state index is 0.203. The van der Waals surface area contributed by atoms with Crippen LogP contribution in [-0.2, 0) is 4.79 Å². The van der Waals surface area contributed by atoms with Crippen molar-refractivity contribution in [1.29, 1.82) is 0 Å². The largest absolute Gasteiger partial charge is 0.321 e. The van der Waals surface area contributed by atoms with Crippen LogP contribution in [0.5, 0.6) is 0 Å². The minimum atomic E-state index is -0.207. The summed E-state index contributed by atoms with van der Waals surface area (Å²) < 4.78 is 0. The molecule has 5 nitrogen and oxygen atoms in total. The number of nitrogens with one attached hydrogen (secondary N) is 2. The molecule has 2 N–H and O–H groups in total. The molecule has 2 rings (SSSR count). The lowest BCUT2D eigenvalue weighted by Gasteiger charge is -2.12. The zero-order chi connectivity index (χ0) is 16.4. The summed E-state index contributed by atoms with van der Waals surface area (Å²) in [6.45, 7) is 9.13. The molecule has 0 radical (unpaired) electrons. The number of nitrogens with zero attached hydrogens (tertiary/aromatic N) is 1. The number of aromatic nitrogens is 1. The van der Waals surface area contributed by atoms with Gasteiger partial charge < -0.3 is 10.6 Å². The molecular weight excluding hydrogens is 298 g/mol. The minimum Gasteiger partial charge on any atom is -0.321 e. The van der Waals surface area contributed by atoms with E-state index < -0.39 is 0 Å². The number of benzene rings is 1. The summed E-state index contributed by atoms with van der Waals surface area (Å²) in [7, 11) is 0. The normalized spacial score (nSPS) is 10.4. The van der Waals surface area contributed by atoms with Gasteiger partial charge in [0.05, 0.1) is 5.69 Å². The van der Waals surface area contributed by atoms with E-state index >= 15 is 0 Å². The Balaban J connectivity index is 2.26. The summed E-state index contributed by atoms with van der Waals surface area (Å²) in [6.07, 6.45) is 0. The fourth-order valence-electron chi connectivity index (χ4n) is 2.36. The van der Waals surface area contributed by atoms with E-state index in [0.29, 0.717) is 15.7 Å². The molecule has 116 valence electrons. The summed E-state index contributed by atoms with van der Waals surface area (Å²) >= 11 is 1.17. The van der Waals surface area contributed by atoms with Gasteiger partial charge in [0, 0.05) is 12.6 Å². The lowest BCUT2D eigenvalue weighted by molar-refractivity contribution is -0.114. The smallest absolute Gasteiger partial charge is 0.267 e. The second kappa shape index (κ2) is 6.27. The quantitative estimate of drug-likeness (QED) is 0.909. The molecule has 1 aromatic carbocycles. The number of carbonyl (C=O) groups is 2. The maximum atomic E-state index is 12.5. The lowest BCUT2D eigenvalue weighted by Crippen LogP contribution is -2.13. The molecule has 0 saturated heterocycles. The molecule has 1 aromatic heterocycles. The van der Waals surface area contributed by atoms with Crippen LogP contribution in [0.25, 0.3) is 0 Å². The molecular formula is C16H19N3O2S. The zero-order valence-electron chi connectivity index (χ0n) is 13.3. The fourth-order valence-corrected chi connectivity index (χ4v) is 3.27. The van der Waals surface area contributed by atoms with E-state index in [4.69, 9.17) is 0 Å². The first-order valence-electron chi connectivity index (χ1n) is 6.92. The number of thiazole rings is 1. The molecule has 0 spiro atoms. The van der Waals surface area contributed by atoms with Gasteiger partial charge in [0.2, 0.25) is 5.91 Å². The SMILES string of the molecule is CC(=O)Nc1nc(C)c(C(=O)Nc2c(C)cc(C)cc2C)s1. The topological polar surface area (TPSA) is 71.1 Å². The van der Waals surface area contributed by atoms with E-state index in [9.17, 15) is 9.59 Å². The van der Waals surface area contributed by atoms with Crippen LogP contribution in [0.3, 0.4) is 0 Å². The Hall–Kier alpha value is -2.21. The van der Waals surface area contributed by atoms with Crippen LogP contribution in [0, 0.1) is 27.7 Å². The van der Waals surface area contributed by atoms with Gasteiger partial charge in [-0.25, -0.2) is 4.98 Å². The van der Waals surface area contributed by atoms with Crippen LogP contribution < -0.4 is 10.6 Å². The van der Waals surface area contributed by atoms with Crippen LogP contribution in [0.1, 0.15) is 39.0 Å². The molecule has 0 aliphatic heterocycles. The molecule has 0 atom stereocenters. The van der Waals surface area contributed by atoms with Gasteiger partial charge in [0.1, 0.15) is 4.88 Å². The Bertz CT molecular complexity index is 727. The van der Waals surface area contributed by atoms with Crippen molar-refractivity contribution in [2.45, 2.75) is 34.6 Å². The fraction of sp³-hybridized carbons (Fsp3) is 0.312. The molecule has 1 heterocycles. The van der Waals surface area contributed by atoms with Crippen molar-refractivity contribution < 1.29 is 9.59 Å². The van der Waals surface area contributed by atoms with Crippen LogP contribution in [0.2, 0.25) is 0 Å². The van der Waals surface area contributed by atoms with Crippen molar-refractivity contribution in [3.05, 3.63) is 39.4 Å². The molecule has 0 saturated carbocycles. The third kappa shape index (κ3) is 3.51. The Morgan fingerprint density at radius 2 is 1.64 bits per heavy atom. The van der Waals surface area contributed by atoms with Gasteiger partial charge >= 0.3 is 0 Å². The highest BCUT2D eigenvalue weighted by Gasteiger charge is 2.17. The van der Waals surface area contributed by atoms with Gasteiger partial charge in [-0.3, -0.25) is 9.59 Å². The Morgan fingerprint density at radius 1 is 1.05 bits per heavy atom. The Morgan fingerprint density at radius 3 is 2.18 bits per heavy atom. The molecule has 0 unspecified atom stereocenters. The van der Waals surface area contributed by atoms with E-state index in [1.165, 1.54) is 18.3 Å². The number of amides is 2. The summed E-state index contributed by atoms with van der Waals surface area (Å²) in [6, 6.07) is 4.07. The predicted octanol–water partition coefficient (Wildman–Crippen LogP) is 3.59. The van der Waals surface area contributed by atoms with Crippen molar-refractivity contribution in [2.24, 2.45) is 0 Å². The average Bonchev–Trinajstić information content (AvgIpc) is 2.73. The highest BCUT2D eigenvalue weighted by atomic mass is 32.1. The van der Waals surface area contributed by atoms with Gasteiger partial charge in [-0.05, 0) is 38.8 Å². The van der Waals surface area contributed by atoms with Crippen molar-refractivity contribution in [3.8, 4) is 0 Å². The number of hydrogen-bond acceptors (Lipinski definition) is 4. The van der Waals surface area contributed by atoms with Gasteiger partial charge in [0.15, 0.2) is 5.13 Å². The second-order valence-electron chi connectivity index (χ2n) is 5.34. The number of rotatable bonds is 3. The van der Waals surface area contributed by atoms with Gasteiger partial charge in [-0.1, -0.05) is 29.0 Å². The van der Waals surface area contributed by atoms with E-state index in [1.54, 1.807) is 6.92 Å². The highest BCUT2D eigenvalue weighted by Crippen LogP contribution is 2.26. The third-order valence-corrected chi connectivity index (χ3v) is 4.27. The van der Waals surface area contributed by atoms with Crippen LogP contribution in [0.4, 0.5) is 10.8 Å². The van der Waals surface area contributed by atoms with Gasteiger partial charge in [-0.2, -0.15) is 0 Å². The van der Waals surface area contributed by atoms with E-state index in [1.807, 2.05) is 32.9 Å². The van der Waals surface area contributed by atoms with Crippen LogP contribution in [-0.4, -0.2) is 16.8 Å². The number of carbonyl (C=O) groups excluding carboxylic acids is 2. The first-order valence-corrected chi connectivity index (χ1v) is 7.73. The Labute approximate surface area is 133 Å². The average molecular weight is 317 g/mol. The number of hydrogen-bond donors (Lipinski definition) is 2. The maximum Gasteiger partial charge on any atom is 0.267 e. The second-order valence-corrected chi connectivity index (χ2v) is 6.34. The lowest BCUT2D eigenvalue weighted by atomic mass is 10.1. The number of anilines is 2. The van der Waals surface area contributed by atoms with Crippen molar-refractivity contribution in [3.63, 3.8) is 0 Å². The first kappa shape index (κ1) is 16.2. The summed E-state index contributed by atoms with van der Waals surface area (Å²) in [5.74, 6) is -0.410. The molecule has 0 aliphatic carbocycles. The molecule has 22 heavy (non-hydrogen) atoms. The van der Waals surface area contributed by atoms with E-state index in [2.05, 4.69) is 15.6 Å². The highest BCUT2D eigenvalue weighted by molar-refractivity contribution is 7.17. The molecule has 0 aliphatic rings. The van der Waals surface area contributed by atoms with Crippen molar-refractivity contribution in [2.75, 3.05) is 10.6 Å². The Kier molecular flexibility index (Phi) is 4.61. The standard InChI is InChI=1S/C16H19N3O2S/c1-8-6-9(2)13(10(3)7-8)19-15(21)14-11(4)17-16(22-14)18-12(5)20/h6-7H,1-5H3,(H,19,21)(H,17,18,20). The third-order valence-electron chi connectivity index (χ3n) is 3.20. The van der Waals surface area contributed by atoms with Gasteiger partial charge in [0.25, 0.3) is 5.91 Å². The summed E-state index contributed by atoms with van der Waals surface area (Å²) in [5, 5.41) is 5.99. The molecule has 0 bridgehead atoms. The van der Waals surface area contributed by atoms with Crippen molar-refractivity contribution >= 4 is 34.0 Å². The molecule has 2 amide bonds. The number of aryl methyl sites for hydroxylation is 4. The van der Waals surface area contributed by atoms with Crippen LogP contribution >= 0.6 is 11.3 Å². The molecule has 0 fully saturated rings.